The number of rotatable bonds is 10. The van der Waals surface area contributed by atoms with Crippen LogP contribution >= 0.6 is 0 Å². The maximum Gasteiger partial charge on any atom is 0.407 e. The molecule has 2 N–H and O–H groups in total. The fourth-order valence-corrected chi connectivity index (χ4v) is 4.78. The summed E-state index contributed by atoms with van der Waals surface area (Å²) in [7, 11) is 1.66. The molecule has 2 saturated heterocycles. The van der Waals surface area contributed by atoms with Crippen LogP contribution in [0.25, 0.3) is 0 Å². The molecule has 0 aromatic rings. The van der Waals surface area contributed by atoms with Crippen molar-refractivity contribution < 1.29 is 33.6 Å². The van der Waals surface area contributed by atoms with Gasteiger partial charge in [-0.25, -0.2) is 4.79 Å². The number of hydrogen-bond acceptors (Lipinski definition) is 7. The minimum absolute atomic E-state index is 0.000740. The minimum atomic E-state index is -0.635. The number of epoxide rings is 2. The number of methoxy groups -OCH3 is 1. The van der Waals surface area contributed by atoms with Gasteiger partial charge in [-0.05, 0) is 53.9 Å². The van der Waals surface area contributed by atoms with E-state index in [4.69, 9.17) is 23.7 Å². The van der Waals surface area contributed by atoms with Gasteiger partial charge in [-0.2, -0.15) is 0 Å². The SMILES string of the molecule is CO[C@@H]1[C@H](OC(=O)NCCOC(C)(C)CO)CCC2(CO2)[C@H]1[C@@]1(C)O[C@@H]1CC=C(C)C. The standard InChI is InChI=1S/C23H39NO7/c1-15(2)7-8-17-22(5,31-17)19-18(27-6)16(9-10-23(19)14-29-23)30-20(26)24-11-12-28-21(3,4)13-25/h7,16-19,25H,8-14H2,1-6H3,(H,24,26)/t16-,17-,18-,19-,22+,23?/m1/s1. The highest BCUT2D eigenvalue weighted by Gasteiger charge is 2.72. The summed E-state index contributed by atoms with van der Waals surface area (Å²) >= 11 is 0. The van der Waals surface area contributed by atoms with E-state index in [2.05, 4.69) is 32.2 Å². The first kappa shape index (κ1) is 24.5. The third kappa shape index (κ3) is 5.60. The Labute approximate surface area is 185 Å². The van der Waals surface area contributed by atoms with Gasteiger partial charge in [-0.15, -0.1) is 0 Å². The highest BCUT2D eigenvalue weighted by molar-refractivity contribution is 5.67. The van der Waals surface area contributed by atoms with Crippen molar-refractivity contribution in [3.63, 3.8) is 0 Å². The van der Waals surface area contributed by atoms with Crippen LogP contribution in [0.2, 0.25) is 0 Å². The second-order valence-corrected chi connectivity index (χ2v) is 10.0. The lowest BCUT2D eigenvalue weighted by Gasteiger charge is -2.42. The van der Waals surface area contributed by atoms with Crippen LogP contribution in [0.5, 0.6) is 0 Å². The molecular weight excluding hydrogens is 402 g/mol. The number of ether oxygens (including phenoxy) is 5. The molecule has 8 heteroatoms. The van der Waals surface area contributed by atoms with E-state index in [1.807, 2.05) is 0 Å². The van der Waals surface area contributed by atoms with Crippen molar-refractivity contribution in [1.82, 2.24) is 5.32 Å². The van der Waals surface area contributed by atoms with Crippen molar-refractivity contribution in [2.24, 2.45) is 5.92 Å². The molecule has 0 radical (unpaired) electrons. The summed E-state index contributed by atoms with van der Waals surface area (Å²) < 4.78 is 29.3. The Morgan fingerprint density at radius 3 is 2.65 bits per heavy atom. The van der Waals surface area contributed by atoms with E-state index < -0.39 is 11.7 Å². The van der Waals surface area contributed by atoms with E-state index >= 15 is 0 Å². The Morgan fingerprint density at radius 1 is 1.35 bits per heavy atom. The van der Waals surface area contributed by atoms with Crippen molar-refractivity contribution in [1.29, 1.82) is 0 Å². The van der Waals surface area contributed by atoms with E-state index in [0.717, 1.165) is 12.8 Å². The molecule has 3 aliphatic rings. The normalized spacial score (nSPS) is 36.7. The number of allylic oxidation sites excluding steroid dienone is 1. The van der Waals surface area contributed by atoms with Gasteiger partial charge in [0, 0.05) is 13.7 Å². The molecule has 1 saturated carbocycles. The van der Waals surface area contributed by atoms with E-state index in [0.29, 0.717) is 26.2 Å². The number of aliphatic hydroxyl groups excluding tert-OH is 1. The van der Waals surface area contributed by atoms with E-state index in [1.54, 1.807) is 21.0 Å². The Hall–Kier alpha value is -1.19. The average molecular weight is 442 g/mol. The van der Waals surface area contributed by atoms with Gasteiger partial charge in [0.2, 0.25) is 0 Å². The highest BCUT2D eigenvalue weighted by atomic mass is 16.6. The largest absolute Gasteiger partial charge is 0.443 e. The van der Waals surface area contributed by atoms with Gasteiger partial charge in [-0.3, -0.25) is 0 Å². The van der Waals surface area contributed by atoms with Crippen LogP contribution < -0.4 is 5.32 Å². The number of nitrogens with one attached hydrogen (secondary N) is 1. The molecular formula is C23H39NO7. The molecule has 1 amide bonds. The molecule has 31 heavy (non-hydrogen) atoms. The van der Waals surface area contributed by atoms with Crippen molar-refractivity contribution >= 4 is 6.09 Å². The Bertz CT molecular complexity index is 671. The van der Waals surface area contributed by atoms with E-state index in [1.165, 1.54) is 5.57 Å². The zero-order chi connectivity index (χ0) is 22.9. The first-order chi connectivity index (χ1) is 14.6. The molecule has 1 unspecified atom stereocenters. The zero-order valence-corrected chi connectivity index (χ0v) is 19.7. The maximum absolute atomic E-state index is 12.4. The molecule has 0 aromatic heterocycles. The fourth-order valence-electron chi connectivity index (χ4n) is 4.78. The molecule has 8 nitrogen and oxygen atoms in total. The van der Waals surface area contributed by atoms with Crippen LogP contribution in [0.3, 0.4) is 0 Å². The summed E-state index contributed by atoms with van der Waals surface area (Å²) in [4.78, 5) is 12.4. The Kier molecular flexibility index (Phi) is 7.38. The molecule has 178 valence electrons. The third-order valence-electron chi connectivity index (χ3n) is 6.74. The smallest absolute Gasteiger partial charge is 0.407 e. The quantitative estimate of drug-likeness (QED) is 0.305. The predicted molar refractivity (Wildman–Crippen MR) is 115 cm³/mol. The van der Waals surface area contributed by atoms with Crippen molar-refractivity contribution in [2.75, 3.05) is 33.5 Å². The summed E-state index contributed by atoms with van der Waals surface area (Å²) in [6.07, 6.45) is 3.51. The third-order valence-corrected chi connectivity index (χ3v) is 6.74. The lowest BCUT2D eigenvalue weighted by molar-refractivity contribution is -0.118. The number of aliphatic hydroxyl groups is 1. The highest BCUT2D eigenvalue weighted by Crippen LogP contribution is 2.59. The van der Waals surface area contributed by atoms with Crippen LogP contribution in [-0.4, -0.2) is 79.8 Å². The van der Waals surface area contributed by atoms with Crippen LogP contribution in [0.1, 0.15) is 53.9 Å². The number of amides is 1. The van der Waals surface area contributed by atoms with Crippen molar-refractivity contribution in [3.05, 3.63) is 11.6 Å². The van der Waals surface area contributed by atoms with Crippen LogP contribution in [0.4, 0.5) is 4.79 Å². The van der Waals surface area contributed by atoms with Crippen LogP contribution in [0.15, 0.2) is 11.6 Å². The van der Waals surface area contributed by atoms with Gasteiger partial charge < -0.3 is 34.1 Å². The van der Waals surface area contributed by atoms with Gasteiger partial charge in [0.15, 0.2) is 0 Å². The molecule has 6 atom stereocenters. The maximum atomic E-state index is 12.4. The number of alkyl carbamates (subject to hydrolysis) is 1. The van der Waals surface area contributed by atoms with Gasteiger partial charge in [0.1, 0.15) is 23.4 Å². The van der Waals surface area contributed by atoms with E-state index in [9.17, 15) is 9.90 Å². The van der Waals surface area contributed by atoms with Crippen molar-refractivity contribution in [2.45, 2.75) is 89.0 Å². The first-order valence-corrected chi connectivity index (χ1v) is 11.2. The Morgan fingerprint density at radius 2 is 2.06 bits per heavy atom. The molecule has 3 rings (SSSR count). The summed E-state index contributed by atoms with van der Waals surface area (Å²) in [6.45, 7) is 11.1. The average Bonchev–Trinajstić information content (AvgIpc) is 3.62. The molecule has 3 fully saturated rings. The van der Waals surface area contributed by atoms with Gasteiger partial charge in [0.25, 0.3) is 0 Å². The summed E-state index contributed by atoms with van der Waals surface area (Å²) in [5, 5.41) is 11.9. The molecule has 1 aliphatic carbocycles. The Balaban J connectivity index is 1.57. The monoisotopic (exact) mass is 441 g/mol. The lowest BCUT2D eigenvalue weighted by Crippen LogP contribution is -2.56. The van der Waals surface area contributed by atoms with Gasteiger partial charge in [-0.1, -0.05) is 11.6 Å². The summed E-state index contributed by atoms with van der Waals surface area (Å²) in [5.41, 5.74) is 0.0379. The zero-order valence-electron chi connectivity index (χ0n) is 19.7. The van der Waals surface area contributed by atoms with Gasteiger partial charge in [0.05, 0.1) is 37.4 Å². The van der Waals surface area contributed by atoms with Crippen LogP contribution in [0, 0.1) is 5.92 Å². The molecule has 1 spiro atoms. The number of carbonyl (C=O) groups excluding carboxylic acids is 1. The summed E-state index contributed by atoms with van der Waals surface area (Å²) in [5.74, 6) is 0.000740. The molecule has 0 bridgehead atoms. The molecule has 0 aromatic carbocycles. The van der Waals surface area contributed by atoms with Crippen molar-refractivity contribution in [3.8, 4) is 0 Å². The topological polar surface area (TPSA) is 102 Å². The van der Waals surface area contributed by atoms with Crippen LogP contribution in [-0.2, 0) is 23.7 Å². The number of carbonyl (C=O) groups is 1. The molecule has 2 aliphatic heterocycles. The lowest BCUT2D eigenvalue weighted by atomic mass is 9.68. The minimum Gasteiger partial charge on any atom is -0.443 e. The first-order valence-electron chi connectivity index (χ1n) is 11.2. The van der Waals surface area contributed by atoms with E-state index in [-0.39, 0.29) is 42.0 Å². The second-order valence-electron chi connectivity index (χ2n) is 10.0. The second kappa shape index (κ2) is 9.35. The molecule has 2 heterocycles. The predicted octanol–water partition coefficient (Wildman–Crippen LogP) is 2.58. The van der Waals surface area contributed by atoms with Gasteiger partial charge >= 0.3 is 6.09 Å². The fraction of sp³-hybridized carbons (Fsp3) is 0.870. The number of hydrogen-bond donors (Lipinski definition) is 2. The summed E-state index contributed by atoms with van der Waals surface area (Å²) in [6, 6.07) is 0.